The van der Waals surface area contributed by atoms with Crippen LogP contribution in [0.25, 0.3) is 0 Å². The third-order valence-electron chi connectivity index (χ3n) is 2.49. The third kappa shape index (κ3) is 6.73. The molecule has 100 valence electrons. The summed E-state index contributed by atoms with van der Waals surface area (Å²) in [4.78, 5) is 22.1. The second kappa shape index (κ2) is 8.33. The maximum atomic E-state index is 11.5. The van der Waals surface area contributed by atoms with Crippen molar-refractivity contribution in [2.45, 2.75) is 39.2 Å². The predicted molar refractivity (Wildman–Crippen MR) is 67.7 cm³/mol. The van der Waals surface area contributed by atoms with E-state index in [1.54, 1.807) is 12.3 Å². The summed E-state index contributed by atoms with van der Waals surface area (Å²) in [6, 6.07) is 3.62. The Morgan fingerprint density at radius 3 is 2.72 bits per heavy atom. The molecule has 0 fully saturated rings. The predicted octanol–water partition coefficient (Wildman–Crippen LogP) is 1.59. The van der Waals surface area contributed by atoms with Gasteiger partial charge >= 0.3 is 0 Å². The third-order valence-corrected chi connectivity index (χ3v) is 2.49. The van der Waals surface area contributed by atoms with Gasteiger partial charge in [0.2, 0.25) is 11.8 Å². The van der Waals surface area contributed by atoms with E-state index in [1.165, 1.54) is 6.92 Å². The standard InChI is InChI=1S/C13H20N2O3/c1-11(16)14-8-4-2-3-7-13(17)15-10-12-6-5-9-18-12/h5-6,9H,2-4,7-8,10H2,1H3,(H,14,16)(H,15,17). The molecular formula is C13H20N2O3. The Balaban J connectivity index is 1.95. The summed E-state index contributed by atoms with van der Waals surface area (Å²) in [5.74, 6) is 0.783. The fourth-order valence-corrected chi connectivity index (χ4v) is 1.54. The lowest BCUT2D eigenvalue weighted by molar-refractivity contribution is -0.121. The summed E-state index contributed by atoms with van der Waals surface area (Å²) >= 11 is 0. The van der Waals surface area contributed by atoms with Crippen LogP contribution in [0, 0.1) is 0 Å². The second-order valence-electron chi connectivity index (χ2n) is 4.15. The summed E-state index contributed by atoms with van der Waals surface area (Å²) < 4.78 is 5.11. The zero-order valence-corrected chi connectivity index (χ0v) is 10.7. The fourth-order valence-electron chi connectivity index (χ4n) is 1.54. The Kier molecular flexibility index (Phi) is 6.61. The highest BCUT2D eigenvalue weighted by molar-refractivity contribution is 5.75. The SMILES string of the molecule is CC(=O)NCCCCCC(=O)NCc1ccco1. The summed E-state index contributed by atoms with van der Waals surface area (Å²) in [6.07, 6.45) is 4.79. The summed E-state index contributed by atoms with van der Waals surface area (Å²) in [7, 11) is 0. The summed E-state index contributed by atoms with van der Waals surface area (Å²) in [5, 5.41) is 5.52. The molecule has 1 aromatic rings. The zero-order chi connectivity index (χ0) is 13.2. The van der Waals surface area contributed by atoms with Crippen molar-refractivity contribution in [3.63, 3.8) is 0 Å². The van der Waals surface area contributed by atoms with Gasteiger partial charge in [-0.25, -0.2) is 0 Å². The average molecular weight is 252 g/mol. The molecule has 0 bridgehead atoms. The van der Waals surface area contributed by atoms with E-state index in [1.807, 2.05) is 6.07 Å². The van der Waals surface area contributed by atoms with E-state index in [2.05, 4.69) is 10.6 Å². The maximum Gasteiger partial charge on any atom is 0.220 e. The lowest BCUT2D eigenvalue weighted by Crippen LogP contribution is -2.22. The lowest BCUT2D eigenvalue weighted by Gasteiger charge is -2.04. The molecule has 0 aliphatic carbocycles. The number of carbonyl (C=O) groups excluding carboxylic acids is 2. The van der Waals surface area contributed by atoms with Crippen LogP contribution in [0.1, 0.15) is 38.4 Å². The van der Waals surface area contributed by atoms with Crippen LogP contribution in [-0.4, -0.2) is 18.4 Å². The van der Waals surface area contributed by atoms with E-state index in [9.17, 15) is 9.59 Å². The molecule has 5 nitrogen and oxygen atoms in total. The molecular weight excluding hydrogens is 232 g/mol. The second-order valence-corrected chi connectivity index (χ2v) is 4.15. The zero-order valence-electron chi connectivity index (χ0n) is 10.7. The van der Waals surface area contributed by atoms with Crippen molar-refractivity contribution >= 4 is 11.8 Å². The lowest BCUT2D eigenvalue weighted by atomic mass is 10.2. The van der Waals surface area contributed by atoms with Gasteiger partial charge in [0.15, 0.2) is 0 Å². The van der Waals surface area contributed by atoms with E-state index in [0.717, 1.165) is 25.0 Å². The molecule has 5 heteroatoms. The molecule has 1 heterocycles. The number of amides is 2. The van der Waals surface area contributed by atoms with Crippen molar-refractivity contribution < 1.29 is 14.0 Å². The van der Waals surface area contributed by atoms with Crippen LogP contribution in [0.3, 0.4) is 0 Å². The van der Waals surface area contributed by atoms with E-state index in [0.29, 0.717) is 19.5 Å². The minimum Gasteiger partial charge on any atom is -0.467 e. The van der Waals surface area contributed by atoms with Gasteiger partial charge in [-0.2, -0.15) is 0 Å². The van der Waals surface area contributed by atoms with Gasteiger partial charge in [0.05, 0.1) is 12.8 Å². The highest BCUT2D eigenvalue weighted by Gasteiger charge is 2.02. The van der Waals surface area contributed by atoms with Gasteiger partial charge in [-0.15, -0.1) is 0 Å². The number of unbranched alkanes of at least 4 members (excludes halogenated alkanes) is 2. The smallest absolute Gasteiger partial charge is 0.220 e. The molecule has 0 unspecified atom stereocenters. The van der Waals surface area contributed by atoms with Crippen LogP contribution in [0.5, 0.6) is 0 Å². The first-order valence-electron chi connectivity index (χ1n) is 6.22. The van der Waals surface area contributed by atoms with Crippen LogP contribution < -0.4 is 10.6 Å². The molecule has 2 amide bonds. The molecule has 0 aliphatic heterocycles. The molecule has 0 aromatic carbocycles. The maximum absolute atomic E-state index is 11.5. The molecule has 2 N–H and O–H groups in total. The molecule has 1 rings (SSSR count). The van der Waals surface area contributed by atoms with Crippen molar-refractivity contribution in [2.75, 3.05) is 6.54 Å². The number of hydrogen-bond donors (Lipinski definition) is 2. The molecule has 0 radical (unpaired) electrons. The molecule has 1 aromatic heterocycles. The number of hydrogen-bond acceptors (Lipinski definition) is 3. The quantitative estimate of drug-likeness (QED) is 0.690. The molecule has 0 aliphatic rings. The van der Waals surface area contributed by atoms with Gasteiger partial charge in [-0.05, 0) is 25.0 Å². The van der Waals surface area contributed by atoms with Crippen molar-refractivity contribution in [1.82, 2.24) is 10.6 Å². The Hall–Kier alpha value is -1.78. The molecule has 0 saturated carbocycles. The van der Waals surface area contributed by atoms with Crippen molar-refractivity contribution in [2.24, 2.45) is 0 Å². The van der Waals surface area contributed by atoms with Crippen LogP contribution in [0.15, 0.2) is 22.8 Å². The Morgan fingerprint density at radius 2 is 2.06 bits per heavy atom. The van der Waals surface area contributed by atoms with Crippen molar-refractivity contribution in [1.29, 1.82) is 0 Å². The van der Waals surface area contributed by atoms with E-state index in [-0.39, 0.29) is 11.8 Å². The summed E-state index contributed by atoms with van der Waals surface area (Å²) in [6.45, 7) is 2.63. The molecule has 0 saturated heterocycles. The largest absolute Gasteiger partial charge is 0.467 e. The Labute approximate surface area is 107 Å². The minimum atomic E-state index is -0.00816. The molecule has 0 atom stereocenters. The van der Waals surface area contributed by atoms with E-state index >= 15 is 0 Å². The first-order chi connectivity index (χ1) is 8.68. The number of furan rings is 1. The first kappa shape index (κ1) is 14.3. The number of carbonyl (C=O) groups is 2. The highest BCUT2D eigenvalue weighted by atomic mass is 16.3. The van der Waals surface area contributed by atoms with Crippen molar-refractivity contribution in [3.8, 4) is 0 Å². The minimum absolute atomic E-state index is 0.00816. The highest BCUT2D eigenvalue weighted by Crippen LogP contribution is 2.01. The Morgan fingerprint density at radius 1 is 1.22 bits per heavy atom. The van der Waals surface area contributed by atoms with Gasteiger partial charge in [-0.1, -0.05) is 6.42 Å². The van der Waals surface area contributed by atoms with Gasteiger partial charge in [-0.3, -0.25) is 9.59 Å². The Bertz CT molecular complexity index is 360. The monoisotopic (exact) mass is 252 g/mol. The van der Waals surface area contributed by atoms with Gasteiger partial charge in [0, 0.05) is 19.9 Å². The van der Waals surface area contributed by atoms with Crippen LogP contribution in [-0.2, 0) is 16.1 Å². The van der Waals surface area contributed by atoms with Crippen LogP contribution >= 0.6 is 0 Å². The van der Waals surface area contributed by atoms with Crippen molar-refractivity contribution in [3.05, 3.63) is 24.2 Å². The average Bonchev–Trinajstić information content (AvgIpc) is 2.83. The number of rotatable bonds is 8. The number of nitrogens with one attached hydrogen (secondary N) is 2. The van der Waals surface area contributed by atoms with E-state index < -0.39 is 0 Å². The fraction of sp³-hybridized carbons (Fsp3) is 0.538. The molecule has 18 heavy (non-hydrogen) atoms. The normalized spacial score (nSPS) is 10.1. The van der Waals surface area contributed by atoms with E-state index in [4.69, 9.17) is 4.42 Å². The topological polar surface area (TPSA) is 71.3 Å². The van der Waals surface area contributed by atoms with Gasteiger partial charge < -0.3 is 15.1 Å². The summed E-state index contributed by atoms with van der Waals surface area (Å²) in [5.41, 5.74) is 0. The molecule has 0 spiro atoms. The van der Waals surface area contributed by atoms with Gasteiger partial charge in [0.25, 0.3) is 0 Å². The van der Waals surface area contributed by atoms with Crippen LogP contribution in [0.2, 0.25) is 0 Å². The van der Waals surface area contributed by atoms with Gasteiger partial charge in [0.1, 0.15) is 5.76 Å². The van der Waals surface area contributed by atoms with Crippen LogP contribution in [0.4, 0.5) is 0 Å². The first-order valence-corrected chi connectivity index (χ1v) is 6.22.